The Morgan fingerprint density at radius 2 is 2.29 bits per heavy atom. The second kappa shape index (κ2) is 6.49. The molecule has 1 amide bonds. The fourth-order valence-corrected chi connectivity index (χ4v) is 4.25. The van der Waals surface area contributed by atoms with Crippen molar-refractivity contribution in [2.45, 2.75) is 30.9 Å². The molecule has 2 aromatic heterocycles. The first-order valence-electron chi connectivity index (χ1n) is 8.23. The van der Waals surface area contributed by atoms with Crippen molar-refractivity contribution in [3.8, 4) is 0 Å². The Bertz CT molecular complexity index is 694. The predicted molar refractivity (Wildman–Crippen MR) is 92.2 cm³/mol. The number of nitrogens with one attached hydrogen (secondary N) is 1. The highest BCUT2D eigenvalue weighted by molar-refractivity contribution is 7.08. The quantitative estimate of drug-likeness (QED) is 0.926. The average molecular weight is 344 g/mol. The van der Waals surface area contributed by atoms with Crippen molar-refractivity contribution in [1.29, 1.82) is 0 Å². The molecule has 0 radical (unpaired) electrons. The van der Waals surface area contributed by atoms with E-state index in [1.165, 1.54) is 0 Å². The number of hydrogen-bond acceptors (Lipinski definition) is 6. The molecule has 0 unspecified atom stereocenters. The SMILES string of the molecule is O=C(c1ccsc1)N1CCC[C@]2(C[C@H](Nc3ncccn3)CO2)C1. The summed E-state index contributed by atoms with van der Waals surface area (Å²) in [5.41, 5.74) is 0.540. The van der Waals surface area contributed by atoms with Crippen molar-refractivity contribution < 1.29 is 9.53 Å². The number of carbonyl (C=O) groups is 1. The van der Waals surface area contributed by atoms with E-state index in [1.807, 2.05) is 21.7 Å². The zero-order valence-electron chi connectivity index (χ0n) is 13.4. The van der Waals surface area contributed by atoms with E-state index < -0.39 is 0 Å². The molecule has 6 nitrogen and oxygen atoms in total. The van der Waals surface area contributed by atoms with E-state index in [9.17, 15) is 4.79 Å². The Kier molecular flexibility index (Phi) is 4.20. The maximum absolute atomic E-state index is 12.6. The number of likely N-dealkylation sites (tertiary alicyclic amines) is 1. The van der Waals surface area contributed by atoms with E-state index in [0.717, 1.165) is 31.4 Å². The van der Waals surface area contributed by atoms with Gasteiger partial charge in [0, 0.05) is 30.7 Å². The molecule has 1 spiro atoms. The molecule has 4 rings (SSSR count). The Morgan fingerprint density at radius 1 is 1.42 bits per heavy atom. The van der Waals surface area contributed by atoms with Crippen LogP contribution in [0.15, 0.2) is 35.3 Å². The summed E-state index contributed by atoms with van der Waals surface area (Å²) in [6.07, 6.45) is 6.29. The number of thiophene rings is 1. The van der Waals surface area contributed by atoms with Crippen LogP contribution in [0.25, 0.3) is 0 Å². The normalized spacial score (nSPS) is 26.7. The average Bonchev–Trinajstić information content (AvgIpc) is 3.26. The van der Waals surface area contributed by atoms with Crippen LogP contribution < -0.4 is 5.32 Å². The van der Waals surface area contributed by atoms with Crippen LogP contribution in [0.3, 0.4) is 0 Å². The van der Waals surface area contributed by atoms with Gasteiger partial charge in [-0.05, 0) is 30.4 Å². The number of anilines is 1. The molecule has 0 aromatic carbocycles. The van der Waals surface area contributed by atoms with Gasteiger partial charge in [0.1, 0.15) is 0 Å². The van der Waals surface area contributed by atoms with E-state index in [-0.39, 0.29) is 17.6 Å². The molecular formula is C17H20N4O2S. The lowest BCUT2D eigenvalue weighted by atomic mass is 9.88. The lowest BCUT2D eigenvalue weighted by Gasteiger charge is -2.39. The third-order valence-corrected chi connectivity index (χ3v) is 5.39. The minimum absolute atomic E-state index is 0.113. The number of nitrogens with zero attached hydrogens (tertiary/aromatic N) is 3. The number of amides is 1. The second-order valence-corrected chi connectivity index (χ2v) is 7.23. The van der Waals surface area contributed by atoms with Gasteiger partial charge in [0.2, 0.25) is 5.95 Å². The Hall–Kier alpha value is -1.99. The van der Waals surface area contributed by atoms with E-state index in [0.29, 0.717) is 19.1 Å². The second-order valence-electron chi connectivity index (χ2n) is 6.45. The summed E-state index contributed by atoms with van der Waals surface area (Å²) in [5, 5.41) is 7.19. The summed E-state index contributed by atoms with van der Waals surface area (Å²) in [6.45, 7) is 2.09. The third kappa shape index (κ3) is 3.14. The fourth-order valence-electron chi connectivity index (χ4n) is 3.62. The van der Waals surface area contributed by atoms with E-state index >= 15 is 0 Å². The standard InChI is InChI=1S/C17H20N4O2S/c22-15(13-3-8-24-11-13)21-7-1-4-17(12-21)9-14(10-23-17)20-16-18-5-2-6-19-16/h2-3,5-6,8,11,14H,1,4,7,9-10,12H2,(H,18,19,20)/t14-,17-/m0/s1. The molecule has 2 fully saturated rings. The summed E-state index contributed by atoms with van der Waals surface area (Å²) >= 11 is 1.55. The number of hydrogen-bond donors (Lipinski definition) is 1. The van der Waals surface area contributed by atoms with Crippen LogP contribution >= 0.6 is 11.3 Å². The molecule has 2 aliphatic heterocycles. The molecule has 126 valence electrons. The Balaban J connectivity index is 1.41. The van der Waals surface area contributed by atoms with Crippen LogP contribution in [0.2, 0.25) is 0 Å². The van der Waals surface area contributed by atoms with Crippen LogP contribution in [-0.4, -0.2) is 52.1 Å². The zero-order chi connectivity index (χ0) is 16.4. The van der Waals surface area contributed by atoms with Crippen LogP contribution in [-0.2, 0) is 4.74 Å². The molecule has 2 aromatic rings. The molecule has 1 N–H and O–H groups in total. The Labute approximate surface area is 144 Å². The molecule has 2 saturated heterocycles. The molecule has 0 aliphatic carbocycles. The van der Waals surface area contributed by atoms with Crippen LogP contribution in [0.1, 0.15) is 29.6 Å². The number of carbonyl (C=O) groups excluding carboxylic acids is 1. The van der Waals surface area contributed by atoms with Gasteiger partial charge in [0.05, 0.1) is 30.4 Å². The molecule has 24 heavy (non-hydrogen) atoms. The van der Waals surface area contributed by atoms with E-state index in [2.05, 4.69) is 15.3 Å². The summed E-state index contributed by atoms with van der Waals surface area (Å²) in [5.74, 6) is 0.742. The first-order valence-corrected chi connectivity index (χ1v) is 9.17. The van der Waals surface area contributed by atoms with Crippen molar-refractivity contribution in [3.05, 3.63) is 40.8 Å². The van der Waals surface area contributed by atoms with Gasteiger partial charge in [-0.15, -0.1) is 0 Å². The Morgan fingerprint density at radius 3 is 3.08 bits per heavy atom. The number of ether oxygens (including phenoxy) is 1. The maximum atomic E-state index is 12.6. The van der Waals surface area contributed by atoms with Gasteiger partial charge in [-0.2, -0.15) is 11.3 Å². The molecule has 4 heterocycles. The van der Waals surface area contributed by atoms with E-state index in [4.69, 9.17) is 4.74 Å². The van der Waals surface area contributed by atoms with Gasteiger partial charge in [0.15, 0.2) is 0 Å². The summed E-state index contributed by atoms with van der Waals surface area (Å²) in [6, 6.07) is 3.87. The van der Waals surface area contributed by atoms with Gasteiger partial charge in [-0.25, -0.2) is 9.97 Å². The van der Waals surface area contributed by atoms with Gasteiger partial charge in [-0.1, -0.05) is 0 Å². The minimum atomic E-state index is -0.240. The maximum Gasteiger partial charge on any atom is 0.254 e. The van der Waals surface area contributed by atoms with Crippen molar-refractivity contribution in [2.24, 2.45) is 0 Å². The van der Waals surface area contributed by atoms with Crippen LogP contribution in [0.5, 0.6) is 0 Å². The van der Waals surface area contributed by atoms with Crippen molar-refractivity contribution in [3.63, 3.8) is 0 Å². The number of rotatable bonds is 3. The number of aromatic nitrogens is 2. The highest BCUT2D eigenvalue weighted by Crippen LogP contribution is 2.36. The minimum Gasteiger partial charge on any atom is -0.371 e. The smallest absolute Gasteiger partial charge is 0.254 e. The van der Waals surface area contributed by atoms with E-state index in [1.54, 1.807) is 29.8 Å². The van der Waals surface area contributed by atoms with Crippen molar-refractivity contribution >= 4 is 23.2 Å². The molecular weight excluding hydrogens is 324 g/mol. The lowest BCUT2D eigenvalue weighted by Crippen LogP contribution is -2.50. The summed E-state index contributed by atoms with van der Waals surface area (Å²) < 4.78 is 6.15. The topological polar surface area (TPSA) is 67.4 Å². The number of piperidine rings is 1. The summed E-state index contributed by atoms with van der Waals surface area (Å²) in [7, 11) is 0. The highest BCUT2D eigenvalue weighted by atomic mass is 32.1. The largest absolute Gasteiger partial charge is 0.371 e. The monoisotopic (exact) mass is 344 g/mol. The first-order chi connectivity index (χ1) is 11.7. The fraction of sp³-hybridized carbons (Fsp3) is 0.471. The third-order valence-electron chi connectivity index (χ3n) is 4.70. The summed E-state index contributed by atoms with van der Waals surface area (Å²) in [4.78, 5) is 23.0. The van der Waals surface area contributed by atoms with Gasteiger partial charge in [0.25, 0.3) is 5.91 Å². The van der Waals surface area contributed by atoms with Gasteiger partial charge >= 0.3 is 0 Å². The first kappa shape index (κ1) is 15.5. The highest BCUT2D eigenvalue weighted by Gasteiger charge is 2.44. The molecule has 2 aliphatic rings. The molecule has 0 bridgehead atoms. The van der Waals surface area contributed by atoms with Crippen molar-refractivity contribution in [1.82, 2.24) is 14.9 Å². The molecule has 0 saturated carbocycles. The van der Waals surface area contributed by atoms with Crippen molar-refractivity contribution in [2.75, 3.05) is 25.0 Å². The van der Waals surface area contributed by atoms with Gasteiger partial charge < -0.3 is 15.0 Å². The predicted octanol–water partition coefficient (Wildman–Crippen LogP) is 2.41. The van der Waals surface area contributed by atoms with Gasteiger partial charge in [-0.3, -0.25) is 4.79 Å². The lowest BCUT2D eigenvalue weighted by molar-refractivity contribution is -0.0447. The van der Waals surface area contributed by atoms with Crippen LogP contribution in [0.4, 0.5) is 5.95 Å². The molecule has 7 heteroatoms. The zero-order valence-corrected chi connectivity index (χ0v) is 14.2. The molecule has 2 atom stereocenters. The van der Waals surface area contributed by atoms with Crippen LogP contribution in [0, 0.1) is 0 Å².